The third kappa shape index (κ3) is 3.95. The number of hydrazine groups is 1. The van der Waals surface area contributed by atoms with Crippen LogP contribution in [0.5, 0.6) is 5.75 Å². The van der Waals surface area contributed by atoms with Gasteiger partial charge in [0.05, 0.1) is 12.6 Å². The highest BCUT2D eigenvalue weighted by Crippen LogP contribution is 2.37. The number of rotatable bonds is 7. The molecule has 1 aromatic carbocycles. The second-order valence-corrected chi connectivity index (χ2v) is 5.42. The van der Waals surface area contributed by atoms with E-state index in [1.54, 1.807) is 7.11 Å². The van der Waals surface area contributed by atoms with Crippen LogP contribution in [0, 0.1) is 5.92 Å². The smallest absolute Gasteiger partial charge is 0.124 e. The first-order chi connectivity index (χ1) is 9.86. The van der Waals surface area contributed by atoms with Crippen LogP contribution >= 0.6 is 0 Å². The number of benzene rings is 1. The van der Waals surface area contributed by atoms with Crippen LogP contribution in [0.25, 0.3) is 0 Å². The second kappa shape index (κ2) is 8.25. The monoisotopic (exact) mass is 278 g/mol. The lowest BCUT2D eigenvalue weighted by Crippen LogP contribution is -2.34. The molecule has 0 saturated heterocycles. The van der Waals surface area contributed by atoms with Crippen molar-refractivity contribution in [2.45, 2.75) is 38.1 Å². The third-order valence-electron chi connectivity index (χ3n) is 4.10. The summed E-state index contributed by atoms with van der Waals surface area (Å²) < 4.78 is 10.9. The van der Waals surface area contributed by atoms with E-state index < -0.39 is 0 Å². The maximum absolute atomic E-state index is 5.83. The molecule has 4 nitrogen and oxygen atoms in total. The molecule has 0 bridgehead atoms. The molecule has 20 heavy (non-hydrogen) atoms. The van der Waals surface area contributed by atoms with Gasteiger partial charge in [-0.25, -0.2) is 0 Å². The molecule has 1 aliphatic carbocycles. The summed E-state index contributed by atoms with van der Waals surface area (Å²) in [4.78, 5) is 0. The topological polar surface area (TPSA) is 56.5 Å². The fraction of sp³-hybridized carbons (Fsp3) is 0.625. The highest BCUT2D eigenvalue weighted by molar-refractivity contribution is 5.36. The molecule has 0 spiro atoms. The van der Waals surface area contributed by atoms with Gasteiger partial charge in [0, 0.05) is 12.7 Å². The summed E-state index contributed by atoms with van der Waals surface area (Å²) in [6.45, 7) is 1.16. The van der Waals surface area contributed by atoms with Crippen molar-refractivity contribution in [3.8, 4) is 5.75 Å². The highest BCUT2D eigenvalue weighted by Gasteiger charge is 2.26. The SMILES string of the molecule is COCCOc1ccccc1C(NN)C1CCCCC1. The summed E-state index contributed by atoms with van der Waals surface area (Å²) in [5, 5.41) is 0. The zero-order valence-corrected chi connectivity index (χ0v) is 12.3. The molecular weight excluding hydrogens is 252 g/mol. The number of nitrogens with two attached hydrogens (primary N) is 1. The number of methoxy groups -OCH3 is 1. The number of nitrogens with one attached hydrogen (secondary N) is 1. The molecule has 0 aliphatic heterocycles. The first kappa shape index (κ1) is 15.3. The van der Waals surface area contributed by atoms with Gasteiger partial charge in [0.15, 0.2) is 0 Å². The summed E-state index contributed by atoms with van der Waals surface area (Å²) in [7, 11) is 1.68. The highest BCUT2D eigenvalue weighted by atomic mass is 16.5. The molecule has 0 radical (unpaired) electrons. The Morgan fingerprint density at radius 1 is 1.20 bits per heavy atom. The number of hydrogen-bond donors (Lipinski definition) is 2. The molecule has 1 saturated carbocycles. The van der Waals surface area contributed by atoms with Crippen molar-refractivity contribution < 1.29 is 9.47 Å². The van der Waals surface area contributed by atoms with Gasteiger partial charge in [0.25, 0.3) is 0 Å². The average Bonchev–Trinajstić information content (AvgIpc) is 2.51. The standard InChI is InChI=1S/C16H26N2O2/c1-19-11-12-20-15-10-6-5-9-14(15)16(18-17)13-7-3-2-4-8-13/h5-6,9-10,13,16,18H,2-4,7-8,11-12,17H2,1H3. The molecule has 1 unspecified atom stereocenters. The van der Waals surface area contributed by atoms with Gasteiger partial charge in [0.1, 0.15) is 12.4 Å². The summed E-state index contributed by atoms with van der Waals surface area (Å²) >= 11 is 0. The lowest BCUT2D eigenvalue weighted by molar-refractivity contribution is 0.144. The van der Waals surface area contributed by atoms with E-state index in [1.165, 1.54) is 32.1 Å². The van der Waals surface area contributed by atoms with Gasteiger partial charge in [-0.2, -0.15) is 0 Å². The van der Waals surface area contributed by atoms with Crippen LogP contribution in [0.4, 0.5) is 0 Å². The van der Waals surface area contributed by atoms with Crippen molar-refractivity contribution >= 4 is 0 Å². The van der Waals surface area contributed by atoms with Gasteiger partial charge < -0.3 is 9.47 Å². The third-order valence-corrected chi connectivity index (χ3v) is 4.10. The average molecular weight is 278 g/mol. The Morgan fingerprint density at radius 2 is 1.95 bits per heavy atom. The Kier molecular flexibility index (Phi) is 6.30. The molecule has 112 valence electrons. The first-order valence-electron chi connectivity index (χ1n) is 7.53. The number of hydrogen-bond acceptors (Lipinski definition) is 4. The molecule has 3 N–H and O–H groups in total. The van der Waals surface area contributed by atoms with E-state index in [4.69, 9.17) is 15.3 Å². The Labute approximate surface area is 121 Å². The molecule has 0 amide bonds. The van der Waals surface area contributed by atoms with Gasteiger partial charge in [-0.3, -0.25) is 11.3 Å². The molecule has 0 aromatic heterocycles. The Hall–Kier alpha value is -1.10. The second-order valence-electron chi connectivity index (χ2n) is 5.42. The van der Waals surface area contributed by atoms with Crippen molar-refractivity contribution in [1.29, 1.82) is 0 Å². The van der Waals surface area contributed by atoms with Crippen molar-refractivity contribution in [1.82, 2.24) is 5.43 Å². The lowest BCUT2D eigenvalue weighted by atomic mass is 9.81. The Balaban J connectivity index is 2.11. The van der Waals surface area contributed by atoms with Gasteiger partial charge >= 0.3 is 0 Å². The minimum Gasteiger partial charge on any atom is -0.491 e. The molecule has 1 aromatic rings. The van der Waals surface area contributed by atoms with Gasteiger partial charge in [-0.1, -0.05) is 37.5 Å². The summed E-state index contributed by atoms with van der Waals surface area (Å²) in [6.07, 6.45) is 6.42. The van der Waals surface area contributed by atoms with Gasteiger partial charge in [0.2, 0.25) is 0 Å². The first-order valence-corrected chi connectivity index (χ1v) is 7.53. The lowest BCUT2D eigenvalue weighted by Gasteiger charge is -2.31. The van der Waals surface area contributed by atoms with E-state index >= 15 is 0 Å². The quantitative estimate of drug-likeness (QED) is 0.457. The van der Waals surface area contributed by atoms with Crippen LogP contribution in [-0.2, 0) is 4.74 Å². The molecular formula is C16H26N2O2. The van der Waals surface area contributed by atoms with Gasteiger partial charge in [-0.15, -0.1) is 0 Å². The largest absolute Gasteiger partial charge is 0.491 e. The van der Waals surface area contributed by atoms with Crippen molar-refractivity contribution in [3.05, 3.63) is 29.8 Å². The normalized spacial score (nSPS) is 17.9. The zero-order valence-electron chi connectivity index (χ0n) is 12.3. The van der Waals surface area contributed by atoms with Crippen molar-refractivity contribution in [2.24, 2.45) is 11.8 Å². The van der Waals surface area contributed by atoms with E-state index in [1.807, 2.05) is 18.2 Å². The molecule has 2 rings (SSSR count). The molecule has 1 fully saturated rings. The van der Waals surface area contributed by atoms with E-state index in [-0.39, 0.29) is 6.04 Å². The Morgan fingerprint density at radius 3 is 2.65 bits per heavy atom. The van der Waals surface area contributed by atoms with Crippen molar-refractivity contribution in [2.75, 3.05) is 20.3 Å². The van der Waals surface area contributed by atoms with E-state index in [0.29, 0.717) is 19.1 Å². The molecule has 0 heterocycles. The molecule has 1 aliphatic rings. The van der Waals surface area contributed by atoms with Crippen LogP contribution in [0.1, 0.15) is 43.7 Å². The summed E-state index contributed by atoms with van der Waals surface area (Å²) in [5.41, 5.74) is 4.17. The van der Waals surface area contributed by atoms with Crippen molar-refractivity contribution in [3.63, 3.8) is 0 Å². The maximum Gasteiger partial charge on any atom is 0.124 e. The fourth-order valence-electron chi connectivity index (χ4n) is 3.05. The zero-order chi connectivity index (χ0) is 14.2. The van der Waals surface area contributed by atoms with Crippen LogP contribution in [0.3, 0.4) is 0 Å². The van der Waals surface area contributed by atoms with E-state index in [2.05, 4.69) is 11.5 Å². The fourth-order valence-corrected chi connectivity index (χ4v) is 3.05. The van der Waals surface area contributed by atoms with Crippen LogP contribution in [-0.4, -0.2) is 20.3 Å². The van der Waals surface area contributed by atoms with Gasteiger partial charge in [-0.05, 0) is 24.8 Å². The predicted octanol–water partition coefficient (Wildman–Crippen LogP) is 2.80. The summed E-state index contributed by atoms with van der Waals surface area (Å²) in [6, 6.07) is 8.35. The number of para-hydroxylation sites is 1. The van der Waals surface area contributed by atoms with Crippen LogP contribution < -0.4 is 16.0 Å². The Bertz CT molecular complexity index is 392. The predicted molar refractivity (Wildman–Crippen MR) is 80.5 cm³/mol. The van der Waals surface area contributed by atoms with Crippen LogP contribution in [0.15, 0.2) is 24.3 Å². The minimum absolute atomic E-state index is 0.175. The van der Waals surface area contributed by atoms with Crippen LogP contribution in [0.2, 0.25) is 0 Å². The molecule has 4 heteroatoms. The van der Waals surface area contributed by atoms with E-state index in [9.17, 15) is 0 Å². The minimum atomic E-state index is 0.175. The maximum atomic E-state index is 5.83. The van der Waals surface area contributed by atoms with E-state index in [0.717, 1.165) is 11.3 Å². The number of ether oxygens (including phenoxy) is 2. The summed E-state index contributed by atoms with van der Waals surface area (Å²) in [5.74, 6) is 7.34. The molecule has 1 atom stereocenters.